The van der Waals surface area contributed by atoms with Crippen LogP contribution in [-0.2, 0) is 29.1 Å². The highest BCUT2D eigenvalue weighted by Crippen LogP contribution is 2.27. The molecular weight excluding hydrogens is 446 g/mol. The van der Waals surface area contributed by atoms with E-state index in [0.717, 1.165) is 6.42 Å². The molecule has 33 heavy (non-hydrogen) atoms. The minimum atomic E-state index is -3.61. The van der Waals surface area contributed by atoms with Crippen LogP contribution in [0.2, 0.25) is 0 Å². The normalized spacial score (nSPS) is 20.5. The Morgan fingerprint density at radius 1 is 1.09 bits per heavy atom. The molecule has 9 nitrogen and oxygen atoms in total. The Morgan fingerprint density at radius 3 is 2.15 bits per heavy atom. The van der Waals surface area contributed by atoms with Gasteiger partial charge in [-0.05, 0) is 49.4 Å². The quantitative estimate of drug-likeness (QED) is 0.577. The number of piperidine rings is 1. The van der Waals surface area contributed by atoms with Gasteiger partial charge in [0.05, 0.1) is 4.90 Å². The van der Waals surface area contributed by atoms with E-state index in [1.54, 1.807) is 20.8 Å². The number of ether oxygens (including phenoxy) is 1. The number of anilines is 1. The van der Waals surface area contributed by atoms with Crippen LogP contribution in [0.4, 0.5) is 5.69 Å². The molecule has 1 aliphatic rings. The van der Waals surface area contributed by atoms with Crippen LogP contribution in [0.1, 0.15) is 48.0 Å². The predicted octanol–water partition coefficient (Wildman–Crippen LogP) is 2.39. The van der Waals surface area contributed by atoms with E-state index in [4.69, 9.17) is 4.74 Å². The lowest BCUT2D eigenvalue weighted by Crippen LogP contribution is -2.45. The Bertz CT molecular complexity index is 959. The molecule has 1 aliphatic heterocycles. The van der Waals surface area contributed by atoms with E-state index in [2.05, 4.69) is 10.6 Å². The van der Waals surface area contributed by atoms with Crippen molar-refractivity contribution in [2.24, 2.45) is 17.3 Å². The molecule has 1 saturated heterocycles. The smallest absolute Gasteiger partial charge is 0.328 e. The second kappa shape index (κ2) is 10.6. The number of carbonyl (C=O) groups is 3. The van der Waals surface area contributed by atoms with Gasteiger partial charge in [0.15, 0.2) is 6.61 Å². The van der Waals surface area contributed by atoms with Gasteiger partial charge in [0, 0.05) is 24.2 Å². The van der Waals surface area contributed by atoms with Gasteiger partial charge in [-0.15, -0.1) is 0 Å². The molecule has 1 aromatic rings. The van der Waals surface area contributed by atoms with E-state index in [1.807, 2.05) is 13.8 Å². The van der Waals surface area contributed by atoms with Crippen molar-refractivity contribution >= 4 is 33.5 Å². The number of hydrogen-bond acceptors (Lipinski definition) is 6. The van der Waals surface area contributed by atoms with Crippen LogP contribution in [-0.4, -0.2) is 56.2 Å². The number of benzene rings is 1. The van der Waals surface area contributed by atoms with Crippen molar-refractivity contribution < 1.29 is 27.5 Å². The Balaban J connectivity index is 1.90. The Kier molecular flexibility index (Phi) is 8.64. The van der Waals surface area contributed by atoms with Crippen molar-refractivity contribution in [3.05, 3.63) is 24.3 Å². The molecule has 0 aromatic heterocycles. The SMILES string of the molecule is CC1CC(C)CN(S(=O)(=O)c2ccc(NC(=O)COC(=O)C(C)NC(=O)C(C)(C)C)cc2)C1. The molecule has 1 heterocycles. The number of carbonyl (C=O) groups excluding carboxylic acids is 3. The van der Waals surface area contributed by atoms with Gasteiger partial charge in [0.25, 0.3) is 5.91 Å². The molecule has 2 N–H and O–H groups in total. The lowest BCUT2D eigenvalue weighted by atomic mass is 9.94. The molecular formula is C23H35N3O6S. The van der Waals surface area contributed by atoms with Gasteiger partial charge in [-0.1, -0.05) is 34.6 Å². The second-order valence-electron chi connectivity index (χ2n) is 9.89. The molecule has 10 heteroatoms. The maximum atomic E-state index is 12.9. The summed E-state index contributed by atoms with van der Waals surface area (Å²) in [7, 11) is -3.61. The summed E-state index contributed by atoms with van der Waals surface area (Å²) in [4.78, 5) is 36.3. The summed E-state index contributed by atoms with van der Waals surface area (Å²) in [6.45, 7) is 11.2. The molecule has 2 amide bonds. The van der Waals surface area contributed by atoms with Gasteiger partial charge in [0.1, 0.15) is 6.04 Å². The highest BCUT2D eigenvalue weighted by molar-refractivity contribution is 7.89. The number of esters is 1. The van der Waals surface area contributed by atoms with Crippen LogP contribution in [0.3, 0.4) is 0 Å². The summed E-state index contributed by atoms with van der Waals surface area (Å²) >= 11 is 0. The molecule has 184 valence electrons. The van der Waals surface area contributed by atoms with Crippen LogP contribution >= 0.6 is 0 Å². The third-order valence-corrected chi connectivity index (χ3v) is 7.18. The van der Waals surface area contributed by atoms with Crippen molar-refractivity contribution in [1.82, 2.24) is 9.62 Å². The first-order valence-corrected chi connectivity index (χ1v) is 12.5. The van der Waals surface area contributed by atoms with E-state index in [9.17, 15) is 22.8 Å². The fraction of sp³-hybridized carbons (Fsp3) is 0.609. The molecule has 1 fully saturated rings. The first kappa shape index (κ1) is 26.8. The predicted molar refractivity (Wildman–Crippen MR) is 125 cm³/mol. The summed E-state index contributed by atoms with van der Waals surface area (Å²) in [6, 6.07) is 5.00. The highest BCUT2D eigenvalue weighted by atomic mass is 32.2. The van der Waals surface area contributed by atoms with E-state index in [0.29, 0.717) is 30.6 Å². The molecule has 0 bridgehead atoms. The molecule has 0 aliphatic carbocycles. The number of sulfonamides is 1. The van der Waals surface area contributed by atoms with Crippen LogP contribution in [0.25, 0.3) is 0 Å². The third kappa shape index (κ3) is 7.53. The topological polar surface area (TPSA) is 122 Å². The Labute approximate surface area is 196 Å². The molecule has 0 radical (unpaired) electrons. The number of amides is 2. The highest BCUT2D eigenvalue weighted by Gasteiger charge is 2.31. The summed E-state index contributed by atoms with van der Waals surface area (Å²) in [6.07, 6.45) is 1.00. The zero-order chi connectivity index (χ0) is 25.0. The fourth-order valence-corrected chi connectivity index (χ4v) is 5.27. The van der Waals surface area contributed by atoms with Crippen molar-refractivity contribution in [2.75, 3.05) is 25.0 Å². The first-order valence-electron chi connectivity index (χ1n) is 11.1. The summed E-state index contributed by atoms with van der Waals surface area (Å²) in [5, 5.41) is 5.10. The molecule has 0 spiro atoms. The number of nitrogens with one attached hydrogen (secondary N) is 2. The van der Waals surface area contributed by atoms with E-state index in [-0.39, 0.29) is 10.8 Å². The average Bonchev–Trinajstić information content (AvgIpc) is 2.70. The number of nitrogens with zero attached hydrogens (tertiary/aromatic N) is 1. The minimum absolute atomic E-state index is 0.164. The van der Waals surface area contributed by atoms with Crippen molar-refractivity contribution in [1.29, 1.82) is 0 Å². The van der Waals surface area contributed by atoms with Crippen LogP contribution < -0.4 is 10.6 Å². The number of rotatable bonds is 7. The number of hydrogen-bond donors (Lipinski definition) is 2. The van der Waals surface area contributed by atoms with Crippen LogP contribution in [0.15, 0.2) is 29.2 Å². The van der Waals surface area contributed by atoms with Gasteiger partial charge in [0.2, 0.25) is 15.9 Å². The van der Waals surface area contributed by atoms with Crippen LogP contribution in [0.5, 0.6) is 0 Å². The Hall–Kier alpha value is -2.46. The van der Waals surface area contributed by atoms with Gasteiger partial charge < -0.3 is 15.4 Å². The molecule has 3 atom stereocenters. The van der Waals surface area contributed by atoms with E-state index in [1.165, 1.54) is 35.5 Å². The third-order valence-electron chi connectivity index (χ3n) is 5.34. The fourth-order valence-electron chi connectivity index (χ4n) is 3.59. The van der Waals surface area contributed by atoms with E-state index >= 15 is 0 Å². The van der Waals surface area contributed by atoms with Gasteiger partial charge in [-0.3, -0.25) is 9.59 Å². The first-order chi connectivity index (χ1) is 15.2. The zero-order valence-corrected chi connectivity index (χ0v) is 21.0. The maximum absolute atomic E-state index is 12.9. The maximum Gasteiger partial charge on any atom is 0.328 e. The van der Waals surface area contributed by atoms with Gasteiger partial charge in [-0.25, -0.2) is 13.2 Å². The monoisotopic (exact) mass is 481 g/mol. The molecule has 2 rings (SSSR count). The second-order valence-corrected chi connectivity index (χ2v) is 11.8. The molecule has 0 saturated carbocycles. The average molecular weight is 482 g/mol. The lowest BCUT2D eigenvalue weighted by molar-refractivity contribution is -0.150. The summed E-state index contributed by atoms with van der Waals surface area (Å²) in [5.41, 5.74) is -0.278. The van der Waals surface area contributed by atoms with Gasteiger partial charge >= 0.3 is 5.97 Å². The molecule has 1 aromatic carbocycles. The van der Waals surface area contributed by atoms with Crippen molar-refractivity contribution in [3.63, 3.8) is 0 Å². The van der Waals surface area contributed by atoms with Crippen molar-refractivity contribution in [2.45, 2.75) is 58.9 Å². The summed E-state index contributed by atoms with van der Waals surface area (Å²) in [5.74, 6) is -1.01. The minimum Gasteiger partial charge on any atom is -0.454 e. The molecule has 3 unspecified atom stereocenters. The standard InChI is InChI=1S/C23H35N3O6S/c1-15-11-16(2)13-26(12-15)33(30,31)19-9-7-18(8-10-19)25-20(27)14-32-21(28)17(3)24-22(29)23(4,5)6/h7-10,15-17H,11-14H2,1-6H3,(H,24,29)(H,25,27). The largest absolute Gasteiger partial charge is 0.454 e. The van der Waals surface area contributed by atoms with Crippen molar-refractivity contribution in [3.8, 4) is 0 Å². The lowest BCUT2D eigenvalue weighted by Gasteiger charge is -2.34. The van der Waals surface area contributed by atoms with E-state index < -0.39 is 40.0 Å². The van der Waals surface area contributed by atoms with Crippen LogP contribution in [0, 0.1) is 17.3 Å². The van der Waals surface area contributed by atoms with Gasteiger partial charge in [-0.2, -0.15) is 4.31 Å². The zero-order valence-electron chi connectivity index (χ0n) is 20.2. The summed E-state index contributed by atoms with van der Waals surface area (Å²) < 4.78 is 32.4. The Morgan fingerprint density at radius 2 is 1.64 bits per heavy atom.